The van der Waals surface area contributed by atoms with E-state index >= 15 is 0 Å². The lowest BCUT2D eigenvalue weighted by atomic mass is 10.3. The van der Waals surface area contributed by atoms with Crippen molar-refractivity contribution in [1.82, 2.24) is 0 Å². The molecule has 27 heavy (non-hydrogen) atoms. The Morgan fingerprint density at radius 1 is 0.815 bits per heavy atom. The van der Waals surface area contributed by atoms with Gasteiger partial charge in [-0.05, 0) is 52.3 Å². The average Bonchev–Trinajstić information content (AvgIpc) is 2.71. The number of azo groups is 1. The molecule has 0 fully saturated rings. The second kappa shape index (κ2) is 13.0. The molecule has 0 atom stereocenters. The van der Waals surface area contributed by atoms with Gasteiger partial charge in [0, 0.05) is 6.08 Å². The fraction of sp³-hybridized carbons (Fsp3) is 0. The van der Waals surface area contributed by atoms with Crippen LogP contribution in [-0.4, -0.2) is 16.2 Å². The fourth-order valence-electron chi connectivity index (χ4n) is 1.56. The van der Waals surface area contributed by atoms with Gasteiger partial charge in [-0.25, -0.2) is 4.79 Å². The van der Waals surface area contributed by atoms with Crippen molar-refractivity contribution < 1.29 is 15.0 Å². The highest BCUT2D eigenvalue weighted by molar-refractivity contribution is 9.10. The van der Waals surface area contributed by atoms with Crippen molar-refractivity contribution in [3.63, 3.8) is 0 Å². The molecule has 6 heteroatoms. The molecule has 0 amide bonds. The van der Waals surface area contributed by atoms with Gasteiger partial charge in [0.05, 0.1) is 15.8 Å². The second-order valence-corrected chi connectivity index (χ2v) is 5.72. The van der Waals surface area contributed by atoms with Gasteiger partial charge in [-0.2, -0.15) is 10.2 Å². The minimum Gasteiger partial charge on any atom is -0.507 e. The number of aromatic hydroxyl groups is 1. The van der Waals surface area contributed by atoms with Crippen molar-refractivity contribution >= 4 is 33.3 Å². The lowest BCUT2D eigenvalue weighted by molar-refractivity contribution is -0.131. The first-order chi connectivity index (χ1) is 13.0. The number of nitrogens with zero attached hydrogens (tertiary/aromatic N) is 2. The minimum absolute atomic E-state index is 0.285. The molecule has 0 bridgehead atoms. The Hall–Kier alpha value is -3.25. The van der Waals surface area contributed by atoms with Gasteiger partial charge >= 0.3 is 5.97 Å². The first-order valence-electron chi connectivity index (χ1n) is 7.83. The van der Waals surface area contributed by atoms with Crippen molar-refractivity contribution in [2.24, 2.45) is 10.2 Å². The number of halogens is 1. The number of carbonyl (C=O) groups is 1. The lowest BCUT2D eigenvalue weighted by Gasteiger charge is -1.91. The Kier molecular flexibility index (Phi) is 10.5. The fourth-order valence-corrected chi connectivity index (χ4v) is 1.84. The van der Waals surface area contributed by atoms with Gasteiger partial charge in [-0.3, -0.25) is 0 Å². The number of aliphatic carboxylic acids is 1. The number of phenols is 1. The van der Waals surface area contributed by atoms with E-state index in [9.17, 15) is 4.79 Å². The van der Waals surface area contributed by atoms with Crippen molar-refractivity contribution in [2.45, 2.75) is 0 Å². The number of hydrogen-bond donors (Lipinski definition) is 2. The summed E-state index contributed by atoms with van der Waals surface area (Å²) in [6, 6.07) is 26.4. The molecule has 0 aliphatic carbocycles. The smallest absolute Gasteiger partial charge is 0.327 e. The first-order valence-corrected chi connectivity index (χ1v) is 8.63. The third-order valence-corrected chi connectivity index (χ3v) is 3.49. The van der Waals surface area contributed by atoms with Crippen LogP contribution in [0.4, 0.5) is 11.4 Å². The quantitative estimate of drug-likeness (QED) is 0.369. The summed E-state index contributed by atoms with van der Waals surface area (Å²) in [5.74, 6) is -0.697. The van der Waals surface area contributed by atoms with Gasteiger partial charge in [0.25, 0.3) is 0 Å². The highest BCUT2D eigenvalue weighted by atomic mass is 79.9. The van der Waals surface area contributed by atoms with Crippen LogP contribution in [0.1, 0.15) is 0 Å². The van der Waals surface area contributed by atoms with E-state index in [1.807, 2.05) is 66.7 Å². The molecular weight excluding hydrogens is 408 g/mol. The van der Waals surface area contributed by atoms with Crippen LogP contribution in [0.15, 0.2) is 112 Å². The molecule has 0 aliphatic rings. The number of phenolic OH excluding ortho intramolecular Hbond substituents is 1. The number of carboxylic acid groups (broad SMARTS) is 1. The summed E-state index contributed by atoms with van der Waals surface area (Å²) in [6.07, 6.45) is 0.833. The zero-order chi connectivity index (χ0) is 19.9. The number of para-hydroxylation sites is 1. The van der Waals surface area contributed by atoms with Crippen LogP contribution >= 0.6 is 15.9 Å². The van der Waals surface area contributed by atoms with Gasteiger partial charge < -0.3 is 10.2 Å². The molecule has 0 unspecified atom stereocenters. The van der Waals surface area contributed by atoms with E-state index in [-0.39, 0.29) is 5.75 Å². The summed E-state index contributed by atoms with van der Waals surface area (Å²) in [5.41, 5.74) is 1.74. The van der Waals surface area contributed by atoms with Gasteiger partial charge in [0.1, 0.15) is 5.75 Å². The van der Waals surface area contributed by atoms with Crippen LogP contribution in [0.5, 0.6) is 5.75 Å². The van der Waals surface area contributed by atoms with Crippen molar-refractivity contribution in [3.05, 3.63) is 102 Å². The predicted molar refractivity (Wildman–Crippen MR) is 111 cm³/mol. The normalized spacial score (nSPS) is 9.37. The Morgan fingerprint density at radius 2 is 1.19 bits per heavy atom. The molecule has 138 valence electrons. The zero-order valence-corrected chi connectivity index (χ0v) is 16.0. The zero-order valence-electron chi connectivity index (χ0n) is 14.4. The highest BCUT2D eigenvalue weighted by Crippen LogP contribution is 2.21. The summed E-state index contributed by atoms with van der Waals surface area (Å²) in [5, 5.41) is 24.7. The Labute approximate surface area is 166 Å². The van der Waals surface area contributed by atoms with E-state index in [0.29, 0.717) is 0 Å². The van der Waals surface area contributed by atoms with Gasteiger partial charge in [-0.15, -0.1) is 0 Å². The molecule has 3 rings (SSSR count). The van der Waals surface area contributed by atoms with Crippen LogP contribution < -0.4 is 0 Å². The third-order valence-electron chi connectivity index (χ3n) is 2.82. The van der Waals surface area contributed by atoms with E-state index < -0.39 is 5.97 Å². The van der Waals surface area contributed by atoms with Crippen LogP contribution in [-0.2, 0) is 4.79 Å². The Bertz CT molecular complexity index is 791. The van der Waals surface area contributed by atoms with Gasteiger partial charge in [-0.1, -0.05) is 55.1 Å². The molecule has 0 saturated heterocycles. The summed E-state index contributed by atoms with van der Waals surface area (Å²) in [7, 11) is 0. The maximum Gasteiger partial charge on any atom is 0.327 e. The van der Waals surface area contributed by atoms with Crippen LogP contribution in [0.3, 0.4) is 0 Å². The molecule has 0 aromatic heterocycles. The summed E-state index contributed by atoms with van der Waals surface area (Å²) in [4.78, 5) is 9.25. The largest absolute Gasteiger partial charge is 0.507 e. The molecule has 0 spiro atoms. The molecule has 0 radical (unpaired) electrons. The molecular formula is C21H19BrN2O3. The van der Waals surface area contributed by atoms with Gasteiger partial charge in [0.15, 0.2) is 0 Å². The molecule has 0 heterocycles. The first kappa shape index (κ1) is 21.8. The molecule has 3 aromatic carbocycles. The standard InChI is InChI=1S/C12H10N2.C6H5BrO.C3H4O2/c1-3-7-11(8-4-1)13-14-12-9-5-2-6-10-12;7-5-3-1-2-4-6(5)8;1-2-3(4)5/h1-10H;1-4,8H;2H,1H2,(H,4,5)/b14-13+;;. The maximum absolute atomic E-state index is 9.25. The van der Waals surface area contributed by atoms with Crippen LogP contribution in [0.2, 0.25) is 0 Å². The Morgan fingerprint density at radius 3 is 1.48 bits per heavy atom. The van der Waals surface area contributed by atoms with Crippen LogP contribution in [0.25, 0.3) is 0 Å². The number of rotatable bonds is 3. The highest BCUT2D eigenvalue weighted by Gasteiger charge is 1.89. The summed E-state index contributed by atoms with van der Waals surface area (Å²) < 4.78 is 0.736. The summed E-state index contributed by atoms with van der Waals surface area (Å²) in [6.45, 7) is 2.96. The van der Waals surface area contributed by atoms with E-state index in [2.05, 4.69) is 32.7 Å². The number of hydrogen-bond acceptors (Lipinski definition) is 4. The number of benzene rings is 3. The molecule has 0 saturated carbocycles. The lowest BCUT2D eigenvalue weighted by Crippen LogP contribution is -1.82. The summed E-state index contributed by atoms with van der Waals surface area (Å²) >= 11 is 3.15. The monoisotopic (exact) mass is 426 g/mol. The predicted octanol–water partition coefficient (Wildman–Crippen LogP) is 6.51. The Balaban J connectivity index is 0.000000237. The molecule has 2 N–H and O–H groups in total. The molecule has 5 nitrogen and oxygen atoms in total. The van der Waals surface area contributed by atoms with E-state index in [0.717, 1.165) is 21.9 Å². The van der Waals surface area contributed by atoms with E-state index in [1.54, 1.807) is 18.2 Å². The molecule has 3 aromatic rings. The molecule has 0 aliphatic heterocycles. The van der Waals surface area contributed by atoms with Crippen LogP contribution in [0, 0.1) is 0 Å². The van der Waals surface area contributed by atoms with E-state index in [4.69, 9.17) is 10.2 Å². The maximum atomic E-state index is 9.25. The van der Waals surface area contributed by atoms with Gasteiger partial charge in [0.2, 0.25) is 0 Å². The topological polar surface area (TPSA) is 82.2 Å². The van der Waals surface area contributed by atoms with E-state index in [1.165, 1.54) is 0 Å². The third kappa shape index (κ3) is 10.4. The second-order valence-electron chi connectivity index (χ2n) is 4.86. The average molecular weight is 427 g/mol. The van der Waals surface area contributed by atoms with Crippen molar-refractivity contribution in [3.8, 4) is 5.75 Å². The van der Waals surface area contributed by atoms with Crippen molar-refractivity contribution in [2.75, 3.05) is 0 Å². The van der Waals surface area contributed by atoms with Crippen molar-refractivity contribution in [1.29, 1.82) is 0 Å². The number of carboxylic acids is 1. The SMILES string of the molecule is C=CC(=O)O.Oc1ccccc1Br.c1ccc(/N=N/c2ccccc2)cc1. The minimum atomic E-state index is -0.981.